The van der Waals surface area contributed by atoms with Crippen molar-refractivity contribution in [3.05, 3.63) is 41.7 Å². The van der Waals surface area contributed by atoms with Gasteiger partial charge in [-0.2, -0.15) is 9.55 Å². The number of aromatic nitrogens is 3. The first-order valence-corrected chi connectivity index (χ1v) is 7.01. The van der Waals surface area contributed by atoms with E-state index >= 15 is 0 Å². The fourth-order valence-electron chi connectivity index (χ4n) is 2.53. The number of nitrogen functional groups attached to an aromatic ring is 2. The molecule has 0 saturated carbocycles. The van der Waals surface area contributed by atoms with Crippen LogP contribution < -0.4 is 21.4 Å². The van der Waals surface area contributed by atoms with E-state index < -0.39 is 0 Å². The van der Waals surface area contributed by atoms with Gasteiger partial charge in [0.05, 0.1) is 11.1 Å². The maximum Gasteiger partial charge on any atom is 0.222 e. The maximum absolute atomic E-state index is 6.15. The number of rotatable bonds is 2. The summed E-state index contributed by atoms with van der Waals surface area (Å²) < 4.78 is 2.11. The second-order valence-corrected chi connectivity index (χ2v) is 5.41. The summed E-state index contributed by atoms with van der Waals surface area (Å²) in [6, 6.07) is 9.86. The third-order valence-corrected chi connectivity index (χ3v) is 3.71. The van der Waals surface area contributed by atoms with E-state index in [0.717, 1.165) is 33.7 Å². The van der Waals surface area contributed by atoms with Crippen molar-refractivity contribution in [3.63, 3.8) is 0 Å². The van der Waals surface area contributed by atoms with Crippen LogP contribution >= 0.6 is 0 Å². The predicted octanol–water partition coefficient (Wildman–Crippen LogP) is 1.98. The molecule has 0 unspecified atom stereocenters. The second kappa shape index (κ2) is 5.14. The highest BCUT2D eigenvalue weighted by atomic mass is 15.1. The summed E-state index contributed by atoms with van der Waals surface area (Å²) in [5, 5.41) is 4.24. The molecule has 2 aromatic heterocycles. The zero-order chi connectivity index (χ0) is 15.9. The molecule has 0 aliphatic rings. The van der Waals surface area contributed by atoms with Crippen molar-refractivity contribution in [2.24, 2.45) is 7.05 Å². The molecule has 0 aliphatic carbocycles. The second-order valence-electron chi connectivity index (χ2n) is 5.41. The van der Waals surface area contributed by atoms with Gasteiger partial charge in [0.2, 0.25) is 11.5 Å². The van der Waals surface area contributed by atoms with Gasteiger partial charge in [0.1, 0.15) is 12.9 Å². The Morgan fingerprint density at radius 3 is 2.55 bits per heavy atom. The Morgan fingerprint density at radius 2 is 1.82 bits per heavy atom. The van der Waals surface area contributed by atoms with Crippen molar-refractivity contribution in [1.82, 2.24) is 9.97 Å². The fourth-order valence-corrected chi connectivity index (χ4v) is 2.53. The number of nitrogens with two attached hydrogens (primary N) is 2. The van der Waals surface area contributed by atoms with E-state index in [4.69, 9.17) is 11.5 Å². The van der Waals surface area contributed by atoms with Crippen LogP contribution in [0.2, 0.25) is 0 Å². The number of nitrogens with one attached hydrogen (secondary N) is 1. The van der Waals surface area contributed by atoms with Crippen molar-refractivity contribution in [2.45, 2.75) is 13.8 Å². The maximum atomic E-state index is 6.15. The van der Waals surface area contributed by atoms with Gasteiger partial charge in [0, 0.05) is 36.5 Å². The molecule has 2 heterocycles. The molecule has 0 bridgehead atoms. The van der Waals surface area contributed by atoms with E-state index in [1.807, 2.05) is 51.2 Å². The van der Waals surface area contributed by atoms with E-state index in [-0.39, 0.29) is 5.95 Å². The highest BCUT2D eigenvalue weighted by molar-refractivity contribution is 5.91. The largest absolute Gasteiger partial charge is 0.398 e. The summed E-state index contributed by atoms with van der Waals surface area (Å²) in [6.45, 7) is 3.92. The first-order valence-electron chi connectivity index (χ1n) is 7.01. The van der Waals surface area contributed by atoms with Crippen LogP contribution in [0.15, 0.2) is 30.3 Å². The van der Waals surface area contributed by atoms with E-state index in [9.17, 15) is 0 Å². The van der Waals surface area contributed by atoms with Crippen LogP contribution in [-0.4, -0.2) is 9.97 Å². The normalized spacial score (nSPS) is 10.9. The highest BCUT2D eigenvalue weighted by Crippen LogP contribution is 2.24. The molecule has 0 aliphatic heterocycles. The Kier molecular flexibility index (Phi) is 3.29. The number of nitrogens with zero attached hydrogens (tertiary/aromatic N) is 3. The van der Waals surface area contributed by atoms with Gasteiger partial charge in [-0.05, 0) is 19.1 Å². The summed E-state index contributed by atoms with van der Waals surface area (Å²) in [7, 11) is 2.03. The van der Waals surface area contributed by atoms with Gasteiger partial charge in [0.25, 0.3) is 0 Å². The fraction of sp³-hybridized carbons (Fsp3) is 0.188. The number of aryl methyl sites for hydroxylation is 3. The Balaban J connectivity index is 2.05. The van der Waals surface area contributed by atoms with Gasteiger partial charge >= 0.3 is 0 Å². The molecule has 0 atom stereocenters. The number of benzene rings is 1. The monoisotopic (exact) mass is 295 g/mol. The molecule has 5 N–H and O–H groups in total. The molecule has 0 spiro atoms. The zero-order valence-corrected chi connectivity index (χ0v) is 12.9. The lowest BCUT2D eigenvalue weighted by Gasteiger charge is -2.09. The molecule has 1 aromatic carbocycles. The van der Waals surface area contributed by atoms with Crippen LogP contribution in [0.25, 0.3) is 10.9 Å². The van der Waals surface area contributed by atoms with E-state index in [1.54, 1.807) is 0 Å². The number of hydrogen-bond acceptors (Lipinski definition) is 5. The summed E-state index contributed by atoms with van der Waals surface area (Å²) in [5.74, 6) is 0.921. The van der Waals surface area contributed by atoms with Gasteiger partial charge in [0.15, 0.2) is 5.69 Å². The molecular formula is C16H19N6+. The molecule has 3 aromatic rings. The molecule has 3 rings (SSSR count). The Labute approximate surface area is 128 Å². The quantitative estimate of drug-likeness (QED) is 0.628. The molecule has 22 heavy (non-hydrogen) atoms. The molecule has 6 heteroatoms. The summed E-state index contributed by atoms with van der Waals surface area (Å²) in [6.07, 6.45) is 0. The average Bonchev–Trinajstić information content (AvgIpc) is 2.44. The van der Waals surface area contributed by atoms with Gasteiger partial charge in [-0.15, -0.1) is 0 Å². The lowest BCUT2D eigenvalue weighted by molar-refractivity contribution is -0.651. The summed E-state index contributed by atoms with van der Waals surface area (Å²) in [4.78, 5) is 8.25. The van der Waals surface area contributed by atoms with Gasteiger partial charge < -0.3 is 16.8 Å². The topological polar surface area (TPSA) is 93.7 Å². The Morgan fingerprint density at radius 1 is 1.05 bits per heavy atom. The van der Waals surface area contributed by atoms with Crippen molar-refractivity contribution in [1.29, 1.82) is 0 Å². The number of fused-ring (bicyclic) bond motifs is 1. The number of anilines is 4. The minimum absolute atomic E-state index is 0.254. The third kappa shape index (κ3) is 2.50. The van der Waals surface area contributed by atoms with E-state index in [0.29, 0.717) is 5.82 Å². The smallest absolute Gasteiger partial charge is 0.222 e. The molecule has 112 valence electrons. The molecule has 0 saturated heterocycles. The number of pyridine rings is 1. The first-order chi connectivity index (χ1) is 10.4. The third-order valence-electron chi connectivity index (χ3n) is 3.71. The minimum Gasteiger partial charge on any atom is -0.398 e. The van der Waals surface area contributed by atoms with Crippen molar-refractivity contribution in [2.75, 3.05) is 16.8 Å². The summed E-state index contributed by atoms with van der Waals surface area (Å²) in [5.41, 5.74) is 16.5. The lowest BCUT2D eigenvalue weighted by atomic mass is 10.1. The molecule has 0 radical (unpaired) electrons. The highest BCUT2D eigenvalue weighted by Gasteiger charge is 2.12. The van der Waals surface area contributed by atoms with E-state index in [2.05, 4.69) is 19.9 Å². The lowest BCUT2D eigenvalue weighted by Crippen LogP contribution is -2.33. The van der Waals surface area contributed by atoms with Crippen molar-refractivity contribution >= 4 is 34.0 Å². The minimum atomic E-state index is 0.254. The summed E-state index contributed by atoms with van der Waals surface area (Å²) >= 11 is 0. The molecular weight excluding hydrogens is 276 g/mol. The molecule has 6 nitrogen and oxygen atoms in total. The van der Waals surface area contributed by atoms with Crippen LogP contribution in [0.4, 0.5) is 23.1 Å². The van der Waals surface area contributed by atoms with Gasteiger partial charge in [-0.3, -0.25) is 0 Å². The number of hydrogen-bond donors (Lipinski definition) is 3. The SMILES string of the molecule is Cc1cc(Nc2ccc3c(c2)c(N)cc(C)[n+]3C)nc(N)n1. The van der Waals surface area contributed by atoms with Crippen LogP contribution in [0, 0.1) is 13.8 Å². The Hall–Kier alpha value is -2.89. The van der Waals surface area contributed by atoms with Gasteiger partial charge in [-0.25, -0.2) is 4.98 Å². The first kappa shape index (κ1) is 14.1. The van der Waals surface area contributed by atoms with Crippen LogP contribution in [0.1, 0.15) is 11.4 Å². The predicted molar refractivity (Wildman–Crippen MR) is 88.7 cm³/mol. The van der Waals surface area contributed by atoms with Crippen LogP contribution in [0.5, 0.6) is 0 Å². The average molecular weight is 295 g/mol. The Bertz CT molecular complexity index is 852. The molecule has 0 amide bonds. The van der Waals surface area contributed by atoms with Crippen molar-refractivity contribution in [3.8, 4) is 0 Å². The zero-order valence-electron chi connectivity index (χ0n) is 12.9. The molecule has 0 fully saturated rings. The van der Waals surface area contributed by atoms with Crippen LogP contribution in [0.3, 0.4) is 0 Å². The van der Waals surface area contributed by atoms with Crippen LogP contribution in [-0.2, 0) is 7.05 Å². The van der Waals surface area contributed by atoms with E-state index in [1.165, 1.54) is 0 Å². The standard InChI is InChI=1S/C16H18N6/c1-9-6-15(21-16(18)19-9)20-11-4-5-14-12(8-11)13(17)7-10(2)22(14)3/h4-8,17H,1-3H3,(H3,18,19,20,21)/p+1. The van der Waals surface area contributed by atoms with Crippen molar-refractivity contribution < 1.29 is 4.57 Å². The van der Waals surface area contributed by atoms with Gasteiger partial charge in [-0.1, -0.05) is 0 Å².